The van der Waals surface area contributed by atoms with Crippen LogP contribution in [0.2, 0.25) is 5.02 Å². The quantitative estimate of drug-likeness (QED) is 0.906. The van der Waals surface area contributed by atoms with Crippen LogP contribution in [0.15, 0.2) is 35.0 Å². The van der Waals surface area contributed by atoms with Gasteiger partial charge in [0.25, 0.3) is 5.91 Å². The van der Waals surface area contributed by atoms with E-state index in [9.17, 15) is 9.59 Å². The lowest BCUT2D eigenvalue weighted by molar-refractivity contribution is 0.0698. The molecule has 2 N–H and O–H groups in total. The van der Waals surface area contributed by atoms with E-state index < -0.39 is 5.97 Å². The Morgan fingerprint density at radius 2 is 2.06 bits per heavy atom. The first kappa shape index (κ1) is 12.6. The van der Waals surface area contributed by atoms with Crippen molar-refractivity contribution >= 4 is 40.5 Å². The zero-order valence-electron chi connectivity index (χ0n) is 9.01. The average molecular weight is 282 g/mol. The highest BCUT2D eigenvalue weighted by Gasteiger charge is 2.16. The van der Waals surface area contributed by atoms with E-state index in [0.29, 0.717) is 5.56 Å². The number of benzene rings is 1. The Balaban J connectivity index is 2.32. The van der Waals surface area contributed by atoms with E-state index in [1.54, 1.807) is 22.9 Å². The molecule has 0 aliphatic carbocycles. The first-order valence-electron chi connectivity index (χ1n) is 4.95. The van der Waals surface area contributed by atoms with Crippen LogP contribution in [0.4, 0.5) is 5.69 Å². The van der Waals surface area contributed by atoms with Crippen molar-refractivity contribution in [3.63, 3.8) is 0 Å². The highest BCUT2D eigenvalue weighted by atomic mass is 35.5. The number of nitrogens with one attached hydrogen (secondary N) is 1. The lowest BCUT2D eigenvalue weighted by Gasteiger charge is -2.08. The van der Waals surface area contributed by atoms with E-state index in [2.05, 4.69) is 5.32 Å². The Hall–Kier alpha value is -1.85. The number of aromatic carboxylic acids is 1. The van der Waals surface area contributed by atoms with Gasteiger partial charge in [0, 0.05) is 5.38 Å². The second-order valence-corrected chi connectivity index (χ2v) is 4.62. The molecule has 92 valence electrons. The molecule has 18 heavy (non-hydrogen) atoms. The molecule has 1 amide bonds. The molecular weight excluding hydrogens is 274 g/mol. The molecule has 1 heterocycles. The normalized spacial score (nSPS) is 10.1. The van der Waals surface area contributed by atoms with Gasteiger partial charge in [0.2, 0.25) is 0 Å². The number of rotatable bonds is 3. The number of carbonyl (C=O) groups excluding carboxylic acids is 1. The number of carboxylic acids is 1. The molecule has 0 unspecified atom stereocenters. The van der Waals surface area contributed by atoms with E-state index in [4.69, 9.17) is 16.7 Å². The molecule has 0 radical (unpaired) electrons. The third kappa shape index (κ3) is 2.52. The van der Waals surface area contributed by atoms with E-state index in [1.807, 2.05) is 0 Å². The molecule has 0 saturated carbocycles. The number of halogens is 1. The summed E-state index contributed by atoms with van der Waals surface area (Å²) in [6.45, 7) is 0. The van der Waals surface area contributed by atoms with Crippen molar-refractivity contribution in [2.75, 3.05) is 5.32 Å². The maximum Gasteiger partial charge on any atom is 0.339 e. The predicted molar refractivity (Wildman–Crippen MR) is 70.7 cm³/mol. The van der Waals surface area contributed by atoms with Gasteiger partial charge in [-0.3, -0.25) is 4.79 Å². The van der Waals surface area contributed by atoms with Gasteiger partial charge in [-0.15, -0.1) is 0 Å². The average Bonchev–Trinajstić information content (AvgIpc) is 2.81. The standard InChI is InChI=1S/C12H8ClNO3S/c13-8-2-1-3-9(10(8)12(16)17)14-11(15)7-4-5-18-6-7/h1-6H,(H,14,15)(H,16,17). The minimum absolute atomic E-state index is 0.0885. The monoisotopic (exact) mass is 281 g/mol. The smallest absolute Gasteiger partial charge is 0.339 e. The maximum atomic E-state index is 11.8. The van der Waals surface area contributed by atoms with Crippen molar-refractivity contribution < 1.29 is 14.7 Å². The van der Waals surface area contributed by atoms with Gasteiger partial charge in [-0.05, 0) is 23.6 Å². The Bertz CT molecular complexity index is 595. The summed E-state index contributed by atoms with van der Waals surface area (Å²) >= 11 is 7.19. The molecule has 0 fully saturated rings. The molecule has 0 saturated heterocycles. The number of anilines is 1. The Morgan fingerprint density at radius 1 is 1.28 bits per heavy atom. The van der Waals surface area contributed by atoms with Gasteiger partial charge in [0.1, 0.15) is 5.56 Å². The molecular formula is C12H8ClNO3S. The fourth-order valence-electron chi connectivity index (χ4n) is 1.43. The lowest BCUT2D eigenvalue weighted by atomic mass is 10.1. The van der Waals surface area contributed by atoms with E-state index >= 15 is 0 Å². The van der Waals surface area contributed by atoms with Gasteiger partial charge in [-0.25, -0.2) is 4.79 Å². The molecule has 1 aromatic heterocycles. The van der Waals surface area contributed by atoms with Crippen molar-refractivity contribution in [1.82, 2.24) is 0 Å². The van der Waals surface area contributed by atoms with E-state index in [1.165, 1.54) is 23.5 Å². The molecule has 0 atom stereocenters. The first-order valence-corrected chi connectivity index (χ1v) is 6.27. The minimum Gasteiger partial charge on any atom is -0.478 e. The summed E-state index contributed by atoms with van der Waals surface area (Å²) in [4.78, 5) is 22.9. The zero-order chi connectivity index (χ0) is 13.1. The van der Waals surface area contributed by atoms with Crippen molar-refractivity contribution in [3.05, 3.63) is 51.2 Å². The molecule has 6 heteroatoms. The fourth-order valence-corrected chi connectivity index (χ4v) is 2.33. The molecule has 2 rings (SSSR count). The Morgan fingerprint density at radius 3 is 2.67 bits per heavy atom. The fraction of sp³-hybridized carbons (Fsp3) is 0. The predicted octanol–water partition coefficient (Wildman–Crippen LogP) is 3.35. The van der Waals surface area contributed by atoms with Crippen LogP contribution in [0, 0.1) is 0 Å². The van der Waals surface area contributed by atoms with Crippen molar-refractivity contribution in [2.24, 2.45) is 0 Å². The SMILES string of the molecule is O=C(Nc1cccc(Cl)c1C(=O)O)c1ccsc1. The molecule has 0 spiro atoms. The zero-order valence-corrected chi connectivity index (χ0v) is 10.6. The second-order valence-electron chi connectivity index (χ2n) is 3.43. The van der Waals surface area contributed by atoms with Crippen LogP contribution in [-0.4, -0.2) is 17.0 Å². The van der Waals surface area contributed by atoms with Crippen LogP contribution in [0.3, 0.4) is 0 Å². The summed E-state index contributed by atoms with van der Waals surface area (Å²) < 4.78 is 0. The summed E-state index contributed by atoms with van der Waals surface area (Å²) in [5, 5.41) is 15.1. The summed E-state index contributed by atoms with van der Waals surface area (Å²) in [6.07, 6.45) is 0. The number of carboxylic acid groups (broad SMARTS) is 1. The van der Waals surface area contributed by atoms with E-state index in [0.717, 1.165) is 0 Å². The van der Waals surface area contributed by atoms with Gasteiger partial charge in [-0.2, -0.15) is 11.3 Å². The minimum atomic E-state index is -1.18. The highest BCUT2D eigenvalue weighted by Crippen LogP contribution is 2.25. The van der Waals surface area contributed by atoms with Crippen LogP contribution in [0.1, 0.15) is 20.7 Å². The largest absolute Gasteiger partial charge is 0.478 e. The third-order valence-electron chi connectivity index (χ3n) is 2.26. The molecule has 4 nitrogen and oxygen atoms in total. The van der Waals surface area contributed by atoms with Gasteiger partial charge in [-0.1, -0.05) is 17.7 Å². The topological polar surface area (TPSA) is 66.4 Å². The summed E-state index contributed by atoms with van der Waals surface area (Å²) in [5.74, 6) is -1.54. The van der Waals surface area contributed by atoms with Crippen molar-refractivity contribution in [3.8, 4) is 0 Å². The molecule has 0 aliphatic heterocycles. The number of carbonyl (C=O) groups is 2. The summed E-state index contributed by atoms with van der Waals surface area (Å²) in [6, 6.07) is 6.20. The Kier molecular flexibility index (Phi) is 3.64. The van der Waals surface area contributed by atoms with Crippen molar-refractivity contribution in [2.45, 2.75) is 0 Å². The Labute approximate surface area is 112 Å². The molecule has 0 aliphatic rings. The number of hydrogen-bond acceptors (Lipinski definition) is 3. The van der Waals surface area contributed by atoms with Crippen LogP contribution >= 0.6 is 22.9 Å². The first-order chi connectivity index (χ1) is 8.59. The van der Waals surface area contributed by atoms with Gasteiger partial charge >= 0.3 is 5.97 Å². The van der Waals surface area contributed by atoms with Crippen LogP contribution in [0.25, 0.3) is 0 Å². The van der Waals surface area contributed by atoms with Gasteiger partial charge in [0.05, 0.1) is 16.3 Å². The molecule has 1 aromatic carbocycles. The van der Waals surface area contributed by atoms with Crippen LogP contribution < -0.4 is 5.32 Å². The van der Waals surface area contributed by atoms with Crippen LogP contribution in [-0.2, 0) is 0 Å². The van der Waals surface area contributed by atoms with Crippen molar-refractivity contribution in [1.29, 1.82) is 0 Å². The third-order valence-corrected chi connectivity index (χ3v) is 3.26. The molecule has 2 aromatic rings. The number of thiophene rings is 1. The highest BCUT2D eigenvalue weighted by molar-refractivity contribution is 7.08. The van der Waals surface area contributed by atoms with Gasteiger partial charge in [0.15, 0.2) is 0 Å². The lowest BCUT2D eigenvalue weighted by Crippen LogP contribution is -2.14. The summed E-state index contributed by atoms with van der Waals surface area (Å²) in [7, 11) is 0. The summed E-state index contributed by atoms with van der Waals surface area (Å²) in [5.41, 5.74) is 0.560. The number of hydrogen-bond donors (Lipinski definition) is 2. The van der Waals surface area contributed by atoms with E-state index in [-0.39, 0.29) is 22.2 Å². The van der Waals surface area contributed by atoms with Crippen LogP contribution in [0.5, 0.6) is 0 Å². The maximum absolute atomic E-state index is 11.8. The number of amides is 1. The molecule has 0 bridgehead atoms. The van der Waals surface area contributed by atoms with Gasteiger partial charge < -0.3 is 10.4 Å². The second kappa shape index (κ2) is 5.20.